The van der Waals surface area contributed by atoms with E-state index in [0.29, 0.717) is 19.8 Å². The molecule has 18 heavy (non-hydrogen) atoms. The molecule has 0 radical (unpaired) electrons. The number of ether oxygens (including phenoxy) is 2. The van der Waals surface area contributed by atoms with Crippen LogP contribution in [0.2, 0.25) is 0 Å². The largest absolute Gasteiger partial charge is 0.462 e. The van der Waals surface area contributed by atoms with E-state index in [1.165, 1.54) is 0 Å². The Morgan fingerprint density at radius 3 is 2.94 bits per heavy atom. The van der Waals surface area contributed by atoms with Crippen molar-refractivity contribution in [1.82, 2.24) is 10.2 Å². The third kappa shape index (κ3) is 7.63. The van der Waals surface area contributed by atoms with Gasteiger partial charge in [-0.3, -0.25) is 9.69 Å². The van der Waals surface area contributed by atoms with Gasteiger partial charge in [0.1, 0.15) is 6.61 Å². The van der Waals surface area contributed by atoms with E-state index in [-0.39, 0.29) is 5.97 Å². The van der Waals surface area contributed by atoms with Crippen LogP contribution >= 0.6 is 0 Å². The first-order valence-corrected chi connectivity index (χ1v) is 6.99. The second-order valence-corrected chi connectivity index (χ2v) is 4.57. The third-order valence-electron chi connectivity index (χ3n) is 2.92. The molecule has 5 heteroatoms. The SMILES string of the molecule is CCCCOCCOC(=O)CN1CCCNCC1. The smallest absolute Gasteiger partial charge is 0.320 e. The molecule has 0 aliphatic carbocycles. The van der Waals surface area contributed by atoms with E-state index in [4.69, 9.17) is 9.47 Å². The highest BCUT2D eigenvalue weighted by atomic mass is 16.6. The maximum absolute atomic E-state index is 11.6. The minimum absolute atomic E-state index is 0.143. The Balaban J connectivity index is 1.98. The summed E-state index contributed by atoms with van der Waals surface area (Å²) in [6.45, 7) is 8.03. The summed E-state index contributed by atoms with van der Waals surface area (Å²) in [7, 11) is 0. The lowest BCUT2D eigenvalue weighted by molar-refractivity contribution is -0.146. The fourth-order valence-electron chi connectivity index (χ4n) is 1.85. The first-order valence-electron chi connectivity index (χ1n) is 6.99. The molecule has 0 aromatic carbocycles. The number of hydrogen-bond donors (Lipinski definition) is 1. The molecule has 1 N–H and O–H groups in total. The summed E-state index contributed by atoms with van der Waals surface area (Å²) < 4.78 is 10.5. The van der Waals surface area contributed by atoms with Crippen LogP contribution < -0.4 is 5.32 Å². The van der Waals surface area contributed by atoms with Gasteiger partial charge in [0.2, 0.25) is 0 Å². The third-order valence-corrected chi connectivity index (χ3v) is 2.92. The molecular formula is C13H26N2O3. The van der Waals surface area contributed by atoms with Gasteiger partial charge in [0, 0.05) is 19.7 Å². The molecule has 1 rings (SSSR count). The number of carbonyl (C=O) groups is 1. The number of esters is 1. The fourth-order valence-corrected chi connectivity index (χ4v) is 1.85. The summed E-state index contributed by atoms with van der Waals surface area (Å²) in [4.78, 5) is 13.7. The minimum atomic E-state index is -0.143. The standard InChI is InChI=1S/C13H26N2O3/c1-2-3-9-17-10-11-18-13(16)12-15-7-4-5-14-6-8-15/h14H,2-12H2,1H3. The molecule has 1 heterocycles. The molecular weight excluding hydrogens is 232 g/mol. The van der Waals surface area contributed by atoms with Gasteiger partial charge in [-0.15, -0.1) is 0 Å². The van der Waals surface area contributed by atoms with Crippen LogP contribution in [0.3, 0.4) is 0 Å². The monoisotopic (exact) mass is 258 g/mol. The Bertz CT molecular complexity index is 216. The van der Waals surface area contributed by atoms with Gasteiger partial charge in [-0.1, -0.05) is 13.3 Å². The van der Waals surface area contributed by atoms with Crippen molar-refractivity contribution in [2.24, 2.45) is 0 Å². The Labute approximate surface area is 110 Å². The lowest BCUT2D eigenvalue weighted by Gasteiger charge is -2.18. The van der Waals surface area contributed by atoms with Crippen LogP contribution in [0.5, 0.6) is 0 Å². The van der Waals surface area contributed by atoms with Gasteiger partial charge < -0.3 is 14.8 Å². The van der Waals surface area contributed by atoms with Crippen LogP contribution in [0.25, 0.3) is 0 Å². The molecule has 0 atom stereocenters. The van der Waals surface area contributed by atoms with Crippen molar-refractivity contribution in [2.45, 2.75) is 26.2 Å². The van der Waals surface area contributed by atoms with Crippen LogP contribution in [-0.2, 0) is 14.3 Å². The molecule has 1 aliphatic heterocycles. The van der Waals surface area contributed by atoms with E-state index in [2.05, 4.69) is 17.1 Å². The lowest BCUT2D eigenvalue weighted by atomic mass is 10.4. The predicted octanol–water partition coefficient (Wildman–Crippen LogP) is 0.642. The number of hydrogen-bond acceptors (Lipinski definition) is 5. The van der Waals surface area contributed by atoms with Crippen molar-refractivity contribution in [3.63, 3.8) is 0 Å². The molecule has 0 unspecified atom stereocenters. The maximum atomic E-state index is 11.6. The molecule has 1 saturated heterocycles. The van der Waals surface area contributed by atoms with Gasteiger partial charge in [0.25, 0.3) is 0 Å². The highest BCUT2D eigenvalue weighted by Gasteiger charge is 2.13. The van der Waals surface area contributed by atoms with Crippen molar-refractivity contribution < 1.29 is 14.3 Å². The molecule has 0 saturated carbocycles. The van der Waals surface area contributed by atoms with E-state index in [1.807, 2.05) is 0 Å². The van der Waals surface area contributed by atoms with E-state index in [1.54, 1.807) is 0 Å². The second-order valence-electron chi connectivity index (χ2n) is 4.57. The second kappa shape index (κ2) is 10.3. The Morgan fingerprint density at radius 1 is 1.22 bits per heavy atom. The van der Waals surface area contributed by atoms with Crippen molar-refractivity contribution in [3.8, 4) is 0 Å². The number of nitrogens with zero attached hydrogens (tertiary/aromatic N) is 1. The first-order chi connectivity index (χ1) is 8.83. The quantitative estimate of drug-likeness (QED) is 0.511. The summed E-state index contributed by atoms with van der Waals surface area (Å²) in [5.41, 5.74) is 0. The summed E-state index contributed by atoms with van der Waals surface area (Å²) in [5, 5.41) is 3.31. The van der Waals surface area contributed by atoms with Gasteiger partial charge in [0.05, 0.1) is 13.2 Å². The molecule has 1 aliphatic rings. The normalized spacial score (nSPS) is 17.4. The summed E-state index contributed by atoms with van der Waals surface area (Å²) in [6.07, 6.45) is 3.28. The van der Waals surface area contributed by atoms with Gasteiger partial charge in [-0.2, -0.15) is 0 Å². The zero-order valence-corrected chi connectivity index (χ0v) is 11.5. The molecule has 0 amide bonds. The number of nitrogens with one attached hydrogen (secondary N) is 1. The van der Waals surface area contributed by atoms with Crippen LogP contribution in [0, 0.1) is 0 Å². The summed E-state index contributed by atoms with van der Waals surface area (Å²) in [6, 6.07) is 0. The van der Waals surface area contributed by atoms with Crippen molar-refractivity contribution in [3.05, 3.63) is 0 Å². The predicted molar refractivity (Wildman–Crippen MR) is 70.6 cm³/mol. The first kappa shape index (κ1) is 15.4. The topological polar surface area (TPSA) is 50.8 Å². The average molecular weight is 258 g/mol. The van der Waals surface area contributed by atoms with E-state index in [0.717, 1.165) is 52.0 Å². The maximum Gasteiger partial charge on any atom is 0.320 e. The van der Waals surface area contributed by atoms with Crippen LogP contribution in [-0.4, -0.2) is 63.4 Å². The van der Waals surface area contributed by atoms with Gasteiger partial charge in [-0.25, -0.2) is 0 Å². The number of unbranched alkanes of at least 4 members (excludes halogenated alkanes) is 1. The van der Waals surface area contributed by atoms with Gasteiger partial charge in [0.15, 0.2) is 0 Å². The molecule has 0 spiro atoms. The van der Waals surface area contributed by atoms with E-state index < -0.39 is 0 Å². The number of carbonyl (C=O) groups excluding carboxylic acids is 1. The summed E-state index contributed by atoms with van der Waals surface area (Å²) >= 11 is 0. The van der Waals surface area contributed by atoms with Crippen molar-refractivity contribution >= 4 is 5.97 Å². The molecule has 0 bridgehead atoms. The van der Waals surface area contributed by atoms with Crippen LogP contribution in [0.15, 0.2) is 0 Å². The molecule has 1 fully saturated rings. The zero-order valence-electron chi connectivity index (χ0n) is 11.5. The number of rotatable bonds is 8. The van der Waals surface area contributed by atoms with Gasteiger partial charge >= 0.3 is 5.97 Å². The Hall–Kier alpha value is -0.650. The minimum Gasteiger partial charge on any atom is -0.462 e. The molecule has 0 aromatic rings. The van der Waals surface area contributed by atoms with Crippen molar-refractivity contribution in [1.29, 1.82) is 0 Å². The molecule has 106 valence electrons. The molecule has 0 aromatic heterocycles. The fraction of sp³-hybridized carbons (Fsp3) is 0.923. The molecule has 5 nitrogen and oxygen atoms in total. The van der Waals surface area contributed by atoms with Crippen LogP contribution in [0.4, 0.5) is 0 Å². The lowest BCUT2D eigenvalue weighted by Crippen LogP contribution is -2.34. The highest BCUT2D eigenvalue weighted by molar-refractivity contribution is 5.71. The van der Waals surface area contributed by atoms with E-state index in [9.17, 15) is 4.79 Å². The summed E-state index contributed by atoms with van der Waals surface area (Å²) in [5.74, 6) is -0.143. The Morgan fingerprint density at radius 2 is 2.11 bits per heavy atom. The average Bonchev–Trinajstić information content (AvgIpc) is 2.62. The van der Waals surface area contributed by atoms with Gasteiger partial charge in [-0.05, 0) is 25.9 Å². The van der Waals surface area contributed by atoms with Crippen molar-refractivity contribution in [2.75, 3.05) is 52.5 Å². The van der Waals surface area contributed by atoms with Crippen LogP contribution in [0.1, 0.15) is 26.2 Å². The Kier molecular flexibility index (Phi) is 8.81. The van der Waals surface area contributed by atoms with E-state index >= 15 is 0 Å². The zero-order chi connectivity index (χ0) is 13.1. The highest BCUT2D eigenvalue weighted by Crippen LogP contribution is 1.96.